The first-order valence-electron chi connectivity index (χ1n) is 4.99. The maximum Gasteiger partial charge on any atom is 0.0854 e. The second kappa shape index (κ2) is 3.35. The van der Waals surface area contributed by atoms with Gasteiger partial charge in [0, 0.05) is 11.1 Å². The van der Waals surface area contributed by atoms with Crippen molar-refractivity contribution in [1.82, 2.24) is 0 Å². The number of benzene rings is 1. The Hall–Kier alpha value is -0.890. The van der Waals surface area contributed by atoms with Crippen LogP contribution in [0, 0.1) is 5.41 Å². The van der Waals surface area contributed by atoms with Gasteiger partial charge in [-0.25, -0.2) is 0 Å². The van der Waals surface area contributed by atoms with Gasteiger partial charge >= 0.3 is 0 Å². The first-order valence-corrected chi connectivity index (χ1v) is 5.40. The fraction of sp³-hybridized carbons (Fsp3) is 0.417. The number of nitrogens with one attached hydrogen (secondary N) is 1. The van der Waals surface area contributed by atoms with Crippen LogP contribution in [0.3, 0.4) is 0 Å². The number of anilines is 1. The van der Waals surface area contributed by atoms with Crippen molar-refractivity contribution in [2.45, 2.75) is 26.7 Å². The van der Waals surface area contributed by atoms with E-state index in [0.717, 1.165) is 17.8 Å². The smallest absolute Gasteiger partial charge is 0.0854 e. The lowest BCUT2D eigenvalue weighted by Crippen LogP contribution is -2.27. The number of fused-ring (bicyclic) bond motifs is 1. The Labute approximate surface area is 90.5 Å². The molecule has 0 fully saturated rings. The molecule has 0 aromatic heterocycles. The molecule has 0 saturated carbocycles. The van der Waals surface area contributed by atoms with E-state index in [4.69, 9.17) is 12.2 Å². The molecule has 1 nitrogen and oxygen atoms in total. The van der Waals surface area contributed by atoms with Crippen molar-refractivity contribution >= 4 is 22.9 Å². The van der Waals surface area contributed by atoms with E-state index in [1.54, 1.807) is 0 Å². The zero-order chi connectivity index (χ0) is 10.2. The lowest BCUT2D eigenvalue weighted by Gasteiger charge is -2.23. The Morgan fingerprint density at radius 1 is 1.29 bits per heavy atom. The zero-order valence-electron chi connectivity index (χ0n) is 8.63. The third-order valence-electron chi connectivity index (χ3n) is 2.90. The predicted octanol–water partition coefficient (Wildman–Crippen LogP) is 3.40. The van der Waals surface area contributed by atoms with Crippen LogP contribution >= 0.6 is 12.2 Å². The summed E-state index contributed by atoms with van der Waals surface area (Å²) in [6, 6.07) is 8.41. The number of rotatable bonds is 0. The summed E-state index contributed by atoms with van der Waals surface area (Å²) in [4.78, 5) is 0.961. The molecule has 1 aromatic carbocycles. The van der Waals surface area contributed by atoms with E-state index in [2.05, 4.69) is 37.4 Å². The van der Waals surface area contributed by atoms with E-state index < -0.39 is 0 Å². The van der Waals surface area contributed by atoms with Gasteiger partial charge in [-0.3, -0.25) is 0 Å². The summed E-state index contributed by atoms with van der Waals surface area (Å²) in [5.74, 6) is 0. The fourth-order valence-electron chi connectivity index (χ4n) is 1.71. The highest BCUT2D eigenvalue weighted by atomic mass is 32.1. The third-order valence-corrected chi connectivity index (χ3v) is 3.55. The zero-order valence-corrected chi connectivity index (χ0v) is 9.45. The molecule has 0 radical (unpaired) electrons. The van der Waals surface area contributed by atoms with Crippen LogP contribution in [0.25, 0.3) is 0 Å². The van der Waals surface area contributed by atoms with Gasteiger partial charge in [0.2, 0.25) is 0 Å². The molecule has 0 saturated heterocycles. The molecule has 2 rings (SSSR count). The summed E-state index contributed by atoms with van der Waals surface area (Å²) in [5, 5.41) is 3.34. The molecule has 1 aromatic rings. The maximum absolute atomic E-state index is 5.39. The van der Waals surface area contributed by atoms with Crippen molar-refractivity contribution < 1.29 is 0 Å². The molecule has 0 bridgehead atoms. The van der Waals surface area contributed by atoms with E-state index >= 15 is 0 Å². The van der Waals surface area contributed by atoms with Gasteiger partial charge < -0.3 is 5.32 Å². The van der Waals surface area contributed by atoms with Gasteiger partial charge in [-0.2, -0.15) is 0 Å². The number of thiocarbonyl (C=S) groups is 1. The van der Waals surface area contributed by atoms with Crippen LogP contribution in [0.4, 0.5) is 5.69 Å². The quantitative estimate of drug-likeness (QED) is 0.651. The molecular weight excluding hydrogens is 190 g/mol. The van der Waals surface area contributed by atoms with Crippen LogP contribution in [0.15, 0.2) is 24.3 Å². The van der Waals surface area contributed by atoms with Crippen molar-refractivity contribution in [3.05, 3.63) is 29.8 Å². The normalized spacial score (nSPS) is 19.4. The summed E-state index contributed by atoms with van der Waals surface area (Å²) >= 11 is 5.39. The van der Waals surface area contributed by atoms with E-state index in [1.165, 1.54) is 11.3 Å². The van der Waals surface area contributed by atoms with E-state index in [9.17, 15) is 0 Å². The maximum atomic E-state index is 5.39. The number of aryl methyl sites for hydroxylation is 1. The second-order valence-corrected chi connectivity index (χ2v) is 4.90. The van der Waals surface area contributed by atoms with Crippen LogP contribution in [-0.2, 0) is 6.42 Å². The van der Waals surface area contributed by atoms with E-state index in [1.807, 2.05) is 6.07 Å². The van der Waals surface area contributed by atoms with Gasteiger partial charge in [0.1, 0.15) is 0 Å². The molecule has 1 aliphatic rings. The Morgan fingerprint density at radius 2 is 2.00 bits per heavy atom. The van der Waals surface area contributed by atoms with Crippen LogP contribution in [0.1, 0.15) is 25.8 Å². The number of para-hydroxylation sites is 1. The highest BCUT2D eigenvalue weighted by molar-refractivity contribution is 7.80. The average molecular weight is 205 g/mol. The van der Waals surface area contributed by atoms with Crippen LogP contribution in [0.5, 0.6) is 0 Å². The van der Waals surface area contributed by atoms with Crippen LogP contribution in [0.2, 0.25) is 0 Å². The third kappa shape index (κ3) is 1.67. The lowest BCUT2D eigenvalue weighted by atomic mass is 9.87. The van der Waals surface area contributed by atoms with Gasteiger partial charge in [0.15, 0.2) is 0 Å². The summed E-state index contributed by atoms with van der Waals surface area (Å²) < 4.78 is 0. The highest BCUT2D eigenvalue weighted by Gasteiger charge is 2.27. The lowest BCUT2D eigenvalue weighted by molar-refractivity contribution is 0.486. The van der Waals surface area contributed by atoms with E-state index in [0.29, 0.717) is 0 Å². The summed E-state index contributed by atoms with van der Waals surface area (Å²) in [6.07, 6.45) is 2.23. The molecule has 0 unspecified atom stereocenters. The molecule has 1 N–H and O–H groups in total. The summed E-state index contributed by atoms with van der Waals surface area (Å²) in [7, 11) is 0. The second-order valence-electron chi connectivity index (χ2n) is 4.50. The van der Waals surface area contributed by atoms with Gasteiger partial charge in [-0.15, -0.1) is 0 Å². The molecule has 1 heterocycles. The van der Waals surface area contributed by atoms with Crippen molar-refractivity contribution in [3.63, 3.8) is 0 Å². The predicted molar refractivity (Wildman–Crippen MR) is 64.8 cm³/mol. The van der Waals surface area contributed by atoms with Gasteiger partial charge in [-0.1, -0.05) is 44.3 Å². The largest absolute Gasteiger partial charge is 0.349 e. The first kappa shape index (κ1) is 9.66. The molecular formula is C12H15NS. The van der Waals surface area contributed by atoms with Crippen molar-refractivity contribution in [3.8, 4) is 0 Å². The minimum atomic E-state index is 0.119. The van der Waals surface area contributed by atoms with Crippen molar-refractivity contribution in [2.24, 2.45) is 5.41 Å². The Kier molecular flexibility index (Phi) is 2.31. The number of hydrogen-bond donors (Lipinski definition) is 1. The fourth-order valence-corrected chi connectivity index (χ4v) is 1.92. The number of hydrogen-bond acceptors (Lipinski definition) is 1. The molecule has 1 aliphatic heterocycles. The highest BCUT2D eigenvalue weighted by Crippen LogP contribution is 2.32. The molecule has 0 atom stereocenters. The standard InChI is InChI=1S/C12H15NS/c1-12(2)8-7-9-5-3-4-6-10(9)13-11(12)14/h3-6H,7-8H2,1-2H3,(H,13,14). The molecule has 2 heteroatoms. The summed E-state index contributed by atoms with van der Waals surface area (Å²) in [5.41, 5.74) is 2.68. The summed E-state index contributed by atoms with van der Waals surface area (Å²) in [6.45, 7) is 4.41. The van der Waals surface area contributed by atoms with Gasteiger partial charge in [0.05, 0.1) is 4.99 Å². The Balaban J connectivity index is 2.38. The minimum Gasteiger partial charge on any atom is -0.349 e. The average Bonchev–Trinajstić information content (AvgIpc) is 2.26. The van der Waals surface area contributed by atoms with Gasteiger partial charge in [0.25, 0.3) is 0 Å². The van der Waals surface area contributed by atoms with Crippen molar-refractivity contribution in [2.75, 3.05) is 5.32 Å². The van der Waals surface area contributed by atoms with Crippen LogP contribution in [-0.4, -0.2) is 4.99 Å². The minimum absolute atomic E-state index is 0.119. The van der Waals surface area contributed by atoms with E-state index in [-0.39, 0.29) is 5.41 Å². The molecule has 0 spiro atoms. The van der Waals surface area contributed by atoms with Crippen molar-refractivity contribution in [1.29, 1.82) is 0 Å². The molecule has 0 aliphatic carbocycles. The molecule has 14 heavy (non-hydrogen) atoms. The van der Waals surface area contributed by atoms with Gasteiger partial charge in [-0.05, 0) is 24.5 Å². The molecule has 0 amide bonds. The Morgan fingerprint density at radius 3 is 2.79 bits per heavy atom. The Bertz CT molecular complexity index is 368. The monoisotopic (exact) mass is 205 g/mol. The molecule has 74 valence electrons. The SMILES string of the molecule is CC1(C)CCc2ccccc2NC1=S. The van der Waals surface area contributed by atoms with Crippen LogP contribution < -0.4 is 5.32 Å². The first-order chi connectivity index (χ1) is 6.59. The topological polar surface area (TPSA) is 12.0 Å².